The van der Waals surface area contributed by atoms with Gasteiger partial charge in [0.25, 0.3) is 5.91 Å². The lowest BCUT2D eigenvalue weighted by Gasteiger charge is -2.19. The van der Waals surface area contributed by atoms with E-state index < -0.39 is 0 Å². The minimum absolute atomic E-state index is 0.0140. The summed E-state index contributed by atoms with van der Waals surface area (Å²) >= 11 is 7.29. The van der Waals surface area contributed by atoms with Gasteiger partial charge in [-0.3, -0.25) is 14.5 Å². The lowest BCUT2D eigenvalue weighted by molar-refractivity contribution is -0.114. The number of carbonyl (C=O) groups excluding carboxylic acids is 2. The molecule has 2 amide bonds. The van der Waals surface area contributed by atoms with Gasteiger partial charge < -0.3 is 14.8 Å². The third kappa shape index (κ3) is 6.12. The molecule has 10 heteroatoms. The van der Waals surface area contributed by atoms with Crippen LogP contribution in [-0.4, -0.2) is 37.0 Å². The molecule has 0 fully saturated rings. The van der Waals surface area contributed by atoms with Gasteiger partial charge in [0, 0.05) is 11.8 Å². The number of ether oxygens (including phenoxy) is 2. The molecule has 37 heavy (non-hydrogen) atoms. The molecule has 4 rings (SSSR count). The number of hydrogen-bond donors (Lipinski definition) is 1. The van der Waals surface area contributed by atoms with Crippen molar-refractivity contribution in [1.29, 1.82) is 5.26 Å². The number of anilines is 2. The Labute approximate surface area is 223 Å². The van der Waals surface area contributed by atoms with Crippen molar-refractivity contribution in [2.45, 2.75) is 0 Å². The van der Waals surface area contributed by atoms with Crippen molar-refractivity contribution < 1.29 is 19.1 Å². The van der Waals surface area contributed by atoms with Crippen LogP contribution >= 0.6 is 23.4 Å². The Bertz CT molecular complexity index is 1450. The number of methoxy groups -OCH3 is 2. The Balaban J connectivity index is 1.60. The van der Waals surface area contributed by atoms with Crippen LogP contribution in [0.4, 0.5) is 11.4 Å². The summed E-state index contributed by atoms with van der Waals surface area (Å²) in [5.41, 5.74) is 2.42. The summed E-state index contributed by atoms with van der Waals surface area (Å²) in [5, 5.41) is 12.6. The van der Waals surface area contributed by atoms with E-state index in [2.05, 4.69) is 10.3 Å². The standard InChI is InChI=1S/C27H21ClN4O4S/c1-35-21-9-6-17(7-10-21)13-23-26(34)32(20-8-11-22(28)24(14-20)36-2)27(31-23)37-16-25(33)30-19-5-3-4-18(12-19)15-29/h3-14H,16H2,1-2H3,(H,30,33)/b23-13+. The Hall–Kier alpha value is -4.26. The fraction of sp³-hybridized carbons (Fsp3) is 0.111. The van der Waals surface area contributed by atoms with Crippen LogP contribution in [0, 0.1) is 11.3 Å². The van der Waals surface area contributed by atoms with Gasteiger partial charge in [0.2, 0.25) is 5.91 Å². The molecule has 3 aromatic carbocycles. The van der Waals surface area contributed by atoms with Crippen molar-refractivity contribution in [3.05, 3.63) is 88.6 Å². The summed E-state index contributed by atoms with van der Waals surface area (Å²) < 4.78 is 10.5. The molecular weight excluding hydrogens is 512 g/mol. The number of benzene rings is 3. The fourth-order valence-corrected chi connectivity index (χ4v) is 4.47. The summed E-state index contributed by atoms with van der Waals surface area (Å²) in [6.07, 6.45) is 1.67. The zero-order valence-corrected chi connectivity index (χ0v) is 21.5. The smallest absolute Gasteiger partial charge is 0.283 e. The number of nitrogens with one attached hydrogen (secondary N) is 1. The third-order valence-electron chi connectivity index (χ3n) is 5.25. The summed E-state index contributed by atoms with van der Waals surface area (Å²) in [7, 11) is 3.07. The number of amides is 2. The molecule has 0 saturated heterocycles. The maximum Gasteiger partial charge on any atom is 0.283 e. The number of nitrogens with zero attached hydrogens (tertiary/aromatic N) is 3. The van der Waals surface area contributed by atoms with Crippen LogP contribution in [0.1, 0.15) is 11.1 Å². The maximum atomic E-state index is 13.4. The van der Waals surface area contributed by atoms with E-state index in [1.54, 1.807) is 67.8 Å². The fourth-order valence-electron chi connectivity index (χ4n) is 3.46. The molecule has 0 bridgehead atoms. The average Bonchev–Trinajstić information content (AvgIpc) is 3.22. The van der Waals surface area contributed by atoms with Crippen LogP contribution in [-0.2, 0) is 9.59 Å². The summed E-state index contributed by atoms with van der Waals surface area (Å²) in [4.78, 5) is 32.0. The second-order valence-corrected chi connectivity index (χ2v) is 9.04. The average molecular weight is 533 g/mol. The molecule has 1 heterocycles. The second kappa shape index (κ2) is 11.6. The van der Waals surface area contributed by atoms with Crippen molar-refractivity contribution in [1.82, 2.24) is 0 Å². The highest BCUT2D eigenvalue weighted by atomic mass is 35.5. The largest absolute Gasteiger partial charge is 0.497 e. The van der Waals surface area contributed by atoms with Crippen LogP contribution in [0.2, 0.25) is 5.02 Å². The van der Waals surface area contributed by atoms with Crippen molar-refractivity contribution in [2.24, 2.45) is 4.99 Å². The van der Waals surface area contributed by atoms with Crippen LogP contribution in [0.5, 0.6) is 11.5 Å². The zero-order chi connectivity index (χ0) is 26.4. The van der Waals surface area contributed by atoms with Crippen LogP contribution in [0.3, 0.4) is 0 Å². The molecule has 0 spiro atoms. The summed E-state index contributed by atoms with van der Waals surface area (Å²) in [5.74, 6) is 0.418. The van der Waals surface area contributed by atoms with Crippen molar-refractivity contribution in [2.75, 3.05) is 30.2 Å². The summed E-state index contributed by atoms with van der Waals surface area (Å²) in [6.45, 7) is 0. The van der Waals surface area contributed by atoms with Gasteiger partial charge in [-0.2, -0.15) is 5.26 Å². The van der Waals surface area contributed by atoms with Gasteiger partial charge in [0.15, 0.2) is 5.17 Å². The van der Waals surface area contributed by atoms with Crippen LogP contribution in [0.15, 0.2) is 77.4 Å². The van der Waals surface area contributed by atoms with Gasteiger partial charge in [-0.15, -0.1) is 0 Å². The minimum Gasteiger partial charge on any atom is -0.497 e. The Morgan fingerprint density at radius 1 is 1.14 bits per heavy atom. The molecular formula is C27H21ClN4O4S. The lowest BCUT2D eigenvalue weighted by atomic mass is 10.2. The number of amidine groups is 1. The van der Waals surface area contributed by atoms with Crippen molar-refractivity contribution in [3.8, 4) is 17.6 Å². The minimum atomic E-state index is -0.357. The second-order valence-electron chi connectivity index (χ2n) is 7.69. The van der Waals surface area contributed by atoms with Gasteiger partial charge in [-0.25, -0.2) is 4.99 Å². The Morgan fingerprint density at radius 3 is 2.62 bits per heavy atom. The molecule has 186 valence electrons. The van der Waals surface area contributed by atoms with E-state index in [0.29, 0.717) is 38.6 Å². The number of thioether (sulfide) groups is 1. The first-order valence-electron chi connectivity index (χ1n) is 11.0. The van der Waals surface area contributed by atoms with Gasteiger partial charge in [-0.1, -0.05) is 41.6 Å². The highest BCUT2D eigenvalue weighted by Gasteiger charge is 2.33. The van der Waals surface area contributed by atoms with Crippen molar-refractivity contribution in [3.63, 3.8) is 0 Å². The number of aliphatic imine (C=N–C) groups is 1. The first-order chi connectivity index (χ1) is 17.9. The topological polar surface area (TPSA) is 104 Å². The molecule has 0 unspecified atom stereocenters. The first-order valence-corrected chi connectivity index (χ1v) is 12.3. The molecule has 1 aliphatic rings. The molecule has 0 atom stereocenters. The van der Waals surface area contributed by atoms with E-state index >= 15 is 0 Å². The molecule has 1 aliphatic heterocycles. The van der Waals surface area contributed by atoms with Crippen LogP contribution in [0.25, 0.3) is 6.08 Å². The number of carbonyl (C=O) groups is 2. The molecule has 1 N–H and O–H groups in total. The molecule has 0 radical (unpaired) electrons. The third-order valence-corrected chi connectivity index (χ3v) is 6.50. The Kier molecular flexibility index (Phi) is 8.13. The normalized spacial score (nSPS) is 13.8. The van der Waals surface area contributed by atoms with Gasteiger partial charge in [0.1, 0.15) is 17.2 Å². The quantitative estimate of drug-likeness (QED) is 0.412. The van der Waals surface area contributed by atoms with Gasteiger partial charge >= 0.3 is 0 Å². The molecule has 0 aromatic heterocycles. The number of nitriles is 1. The monoisotopic (exact) mass is 532 g/mol. The first kappa shape index (κ1) is 25.8. The van der Waals surface area contributed by atoms with Crippen LogP contribution < -0.4 is 19.7 Å². The van der Waals surface area contributed by atoms with Gasteiger partial charge in [-0.05, 0) is 54.1 Å². The molecule has 0 aliphatic carbocycles. The summed E-state index contributed by atoms with van der Waals surface area (Å²) in [6, 6.07) is 20.8. The number of rotatable bonds is 7. The highest BCUT2D eigenvalue weighted by molar-refractivity contribution is 8.14. The van der Waals surface area contributed by atoms with E-state index in [1.165, 1.54) is 12.0 Å². The van der Waals surface area contributed by atoms with E-state index in [4.69, 9.17) is 26.3 Å². The Morgan fingerprint density at radius 2 is 1.92 bits per heavy atom. The molecule has 8 nitrogen and oxygen atoms in total. The van der Waals surface area contributed by atoms with E-state index in [0.717, 1.165) is 17.3 Å². The zero-order valence-electron chi connectivity index (χ0n) is 19.9. The predicted octanol–water partition coefficient (Wildman–Crippen LogP) is 5.34. The highest BCUT2D eigenvalue weighted by Crippen LogP contribution is 2.34. The number of hydrogen-bond acceptors (Lipinski definition) is 7. The maximum absolute atomic E-state index is 13.4. The lowest BCUT2D eigenvalue weighted by Crippen LogP contribution is -2.31. The molecule has 3 aromatic rings. The van der Waals surface area contributed by atoms with E-state index in [9.17, 15) is 9.59 Å². The van der Waals surface area contributed by atoms with Gasteiger partial charge in [0.05, 0.1) is 42.3 Å². The van der Waals surface area contributed by atoms with Crippen molar-refractivity contribution >= 4 is 57.8 Å². The molecule has 0 saturated carbocycles. The SMILES string of the molecule is COc1ccc(/C=C2/N=C(SCC(=O)Nc3cccc(C#N)c3)N(c3ccc(Cl)c(OC)c3)C2=O)cc1. The van der Waals surface area contributed by atoms with E-state index in [1.807, 2.05) is 18.2 Å². The number of halogens is 1. The van der Waals surface area contributed by atoms with E-state index in [-0.39, 0.29) is 23.3 Å². The predicted molar refractivity (Wildman–Crippen MR) is 146 cm³/mol.